The number of hydrogen-bond donors (Lipinski definition) is 0. The van der Waals surface area contributed by atoms with E-state index in [0.29, 0.717) is 19.0 Å². The van der Waals surface area contributed by atoms with Crippen LogP contribution in [0.5, 0.6) is 0 Å². The summed E-state index contributed by atoms with van der Waals surface area (Å²) in [6, 6.07) is 0. The van der Waals surface area contributed by atoms with Crippen molar-refractivity contribution in [3.8, 4) is 0 Å². The Hall–Kier alpha value is -0.460. The molecule has 6 heteroatoms. The predicted molar refractivity (Wildman–Crippen MR) is 50.6 cm³/mol. The monoisotopic (exact) mass is 222 g/mol. The van der Waals surface area contributed by atoms with Gasteiger partial charge in [0.2, 0.25) is 0 Å². The molecule has 1 saturated heterocycles. The van der Waals surface area contributed by atoms with Gasteiger partial charge in [-0.3, -0.25) is 0 Å². The zero-order valence-corrected chi connectivity index (χ0v) is 8.88. The van der Waals surface area contributed by atoms with Crippen LogP contribution in [0.15, 0.2) is 0 Å². The van der Waals surface area contributed by atoms with Gasteiger partial charge in [0.25, 0.3) is 0 Å². The second-order valence-electron chi connectivity index (χ2n) is 3.01. The highest BCUT2D eigenvalue weighted by Crippen LogP contribution is 2.06. The minimum absolute atomic E-state index is 0.262. The van der Waals surface area contributed by atoms with Crippen molar-refractivity contribution in [3.63, 3.8) is 0 Å². The Balaban J connectivity index is 1.91. The third-order valence-electron chi connectivity index (χ3n) is 1.67. The largest absolute Gasteiger partial charge is 0.617 e. The minimum atomic E-state index is -0.767. The number of rotatable bonds is 6. The molecular weight excluding hydrogens is 208 g/mol. The van der Waals surface area contributed by atoms with Crippen LogP contribution < -0.4 is 0 Å². The van der Waals surface area contributed by atoms with Crippen LogP contribution >= 0.6 is 0 Å². The van der Waals surface area contributed by atoms with Crippen molar-refractivity contribution in [1.29, 1.82) is 0 Å². The lowest BCUT2D eigenvalue weighted by molar-refractivity contribution is 0.0464. The molecule has 0 aromatic rings. The van der Waals surface area contributed by atoms with Crippen LogP contribution in [0, 0.1) is 0 Å². The van der Waals surface area contributed by atoms with Gasteiger partial charge in [-0.05, 0) is 0 Å². The summed E-state index contributed by atoms with van der Waals surface area (Å²) in [6.45, 7) is 1.15. The summed E-state index contributed by atoms with van der Waals surface area (Å²) >= 11 is -0.767. The molecule has 1 fully saturated rings. The molecule has 1 aliphatic rings. The first-order chi connectivity index (χ1) is 6.68. The van der Waals surface area contributed by atoms with Gasteiger partial charge in [-0.15, -0.1) is 0 Å². The summed E-state index contributed by atoms with van der Waals surface area (Å²) in [6.07, 6.45) is 1.50. The van der Waals surface area contributed by atoms with Crippen LogP contribution in [0.3, 0.4) is 0 Å². The van der Waals surface area contributed by atoms with E-state index in [2.05, 4.69) is 4.74 Å². The van der Waals surface area contributed by atoms with Gasteiger partial charge in [-0.25, -0.2) is 4.79 Å². The SMILES string of the molecule is C[S+]([O-])CCCOCC1COC(=O)O1. The maximum Gasteiger partial charge on any atom is 0.508 e. The zero-order chi connectivity index (χ0) is 10.4. The molecule has 0 aromatic heterocycles. The highest BCUT2D eigenvalue weighted by atomic mass is 32.2. The van der Waals surface area contributed by atoms with Crippen molar-refractivity contribution in [2.45, 2.75) is 12.5 Å². The standard InChI is InChI=1S/C8H14O5S/c1-14(10)4-2-3-11-5-7-6-12-8(9)13-7/h7H,2-6H2,1H3. The second-order valence-corrected chi connectivity index (χ2v) is 4.56. The van der Waals surface area contributed by atoms with Gasteiger partial charge in [0.15, 0.2) is 6.10 Å². The van der Waals surface area contributed by atoms with Crippen LogP contribution in [0.25, 0.3) is 0 Å². The van der Waals surface area contributed by atoms with Crippen molar-refractivity contribution < 1.29 is 23.6 Å². The van der Waals surface area contributed by atoms with E-state index < -0.39 is 17.3 Å². The highest BCUT2D eigenvalue weighted by molar-refractivity contribution is 7.90. The molecule has 2 atom stereocenters. The van der Waals surface area contributed by atoms with Crippen molar-refractivity contribution in [2.75, 3.05) is 31.8 Å². The van der Waals surface area contributed by atoms with Crippen molar-refractivity contribution in [1.82, 2.24) is 0 Å². The van der Waals surface area contributed by atoms with E-state index in [-0.39, 0.29) is 12.7 Å². The van der Waals surface area contributed by atoms with E-state index >= 15 is 0 Å². The lowest BCUT2D eigenvalue weighted by Gasteiger charge is -2.08. The summed E-state index contributed by atoms with van der Waals surface area (Å²) in [5, 5.41) is 0. The van der Waals surface area contributed by atoms with Gasteiger partial charge in [0, 0.05) is 6.42 Å². The van der Waals surface area contributed by atoms with Crippen LogP contribution in [0.4, 0.5) is 4.79 Å². The van der Waals surface area contributed by atoms with E-state index in [1.54, 1.807) is 6.26 Å². The molecule has 2 unspecified atom stereocenters. The van der Waals surface area contributed by atoms with Crippen LogP contribution in [-0.2, 0) is 25.4 Å². The number of cyclic esters (lactones) is 2. The molecule has 0 aliphatic carbocycles. The molecule has 0 bridgehead atoms. The summed E-state index contributed by atoms with van der Waals surface area (Å²) in [5.74, 6) is 0.640. The molecule has 5 nitrogen and oxygen atoms in total. The van der Waals surface area contributed by atoms with Crippen LogP contribution in [-0.4, -0.2) is 48.6 Å². The van der Waals surface area contributed by atoms with Gasteiger partial charge in [-0.1, -0.05) is 11.2 Å². The Morgan fingerprint density at radius 2 is 2.50 bits per heavy atom. The van der Waals surface area contributed by atoms with Gasteiger partial charge in [0.1, 0.15) is 12.4 Å². The van der Waals surface area contributed by atoms with E-state index in [1.807, 2.05) is 0 Å². The third-order valence-corrected chi connectivity index (χ3v) is 2.54. The Labute approximate surface area is 85.9 Å². The maximum atomic E-state index is 10.7. The van der Waals surface area contributed by atoms with E-state index in [0.717, 1.165) is 6.42 Å². The lowest BCUT2D eigenvalue weighted by atomic mass is 10.4. The fraction of sp³-hybridized carbons (Fsp3) is 0.875. The normalized spacial score (nSPS) is 23.0. The molecule has 14 heavy (non-hydrogen) atoms. The lowest BCUT2D eigenvalue weighted by Crippen LogP contribution is -2.19. The fourth-order valence-corrected chi connectivity index (χ4v) is 1.55. The average molecular weight is 222 g/mol. The fourth-order valence-electron chi connectivity index (χ4n) is 1.03. The molecule has 0 aromatic carbocycles. The molecule has 0 spiro atoms. The van der Waals surface area contributed by atoms with Crippen molar-refractivity contribution in [2.24, 2.45) is 0 Å². The zero-order valence-electron chi connectivity index (χ0n) is 8.06. The molecule has 1 rings (SSSR count). The van der Waals surface area contributed by atoms with Gasteiger partial charge in [-0.2, -0.15) is 0 Å². The van der Waals surface area contributed by atoms with E-state index in [1.165, 1.54) is 0 Å². The van der Waals surface area contributed by atoms with Crippen LogP contribution in [0.2, 0.25) is 0 Å². The predicted octanol–water partition coefficient (Wildman–Crippen LogP) is 0.307. The molecule has 0 saturated carbocycles. The maximum absolute atomic E-state index is 10.7. The summed E-state index contributed by atoms with van der Waals surface area (Å²) in [5.41, 5.74) is 0. The quantitative estimate of drug-likeness (QED) is 0.367. The van der Waals surface area contributed by atoms with Gasteiger partial charge >= 0.3 is 6.16 Å². The Bertz CT molecular complexity index is 185. The molecule has 1 aliphatic heterocycles. The molecule has 0 radical (unpaired) electrons. The molecule has 1 heterocycles. The minimum Gasteiger partial charge on any atom is -0.617 e. The molecular formula is C8H14O5S. The number of carbonyl (C=O) groups is 1. The number of ether oxygens (including phenoxy) is 3. The first-order valence-corrected chi connectivity index (χ1v) is 6.12. The Kier molecular flexibility index (Phi) is 5.06. The van der Waals surface area contributed by atoms with E-state index in [9.17, 15) is 9.35 Å². The Morgan fingerprint density at radius 1 is 1.71 bits per heavy atom. The average Bonchev–Trinajstić information content (AvgIpc) is 2.50. The Morgan fingerprint density at radius 3 is 3.07 bits per heavy atom. The second kappa shape index (κ2) is 6.10. The van der Waals surface area contributed by atoms with E-state index in [4.69, 9.17) is 9.47 Å². The molecule has 0 N–H and O–H groups in total. The summed E-state index contributed by atoms with van der Waals surface area (Å²) < 4.78 is 25.2. The molecule has 0 amide bonds. The molecule has 82 valence electrons. The third kappa shape index (κ3) is 4.69. The first-order valence-electron chi connectivity index (χ1n) is 4.39. The number of hydrogen-bond acceptors (Lipinski definition) is 5. The van der Waals surface area contributed by atoms with Gasteiger partial charge < -0.3 is 18.8 Å². The first kappa shape index (κ1) is 11.6. The smallest absolute Gasteiger partial charge is 0.508 e. The topological polar surface area (TPSA) is 67.8 Å². The van der Waals surface area contributed by atoms with Crippen molar-refractivity contribution in [3.05, 3.63) is 0 Å². The van der Waals surface area contributed by atoms with Gasteiger partial charge in [0.05, 0.1) is 19.5 Å². The summed E-state index contributed by atoms with van der Waals surface area (Å²) in [4.78, 5) is 10.5. The highest BCUT2D eigenvalue weighted by Gasteiger charge is 2.24. The number of carbonyl (C=O) groups excluding carboxylic acids is 1. The summed E-state index contributed by atoms with van der Waals surface area (Å²) in [7, 11) is 0. The van der Waals surface area contributed by atoms with Crippen LogP contribution in [0.1, 0.15) is 6.42 Å². The van der Waals surface area contributed by atoms with Crippen molar-refractivity contribution >= 4 is 17.3 Å².